The second kappa shape index (κ2) is 6.87. The molecule has 2 heterocycles. The third-order valence-corrected chi connectivity index (χ3v) is 4.93. The van der Waals surface area contributed by atoms with Gasteiger partial charge in [0.05, 0.1) is 0 Å². The lowest BCUT2D eigenvalue weighted by atomic mass is 9.96. The molecule has 0 unspecified atom stereocenters. The summed E-state index contributed by atoms with van der Waals surface area (Å²) >= 11 is 5.32. The molecule has 0 bridgehead atoms. The molecule has 0 saturated heterocycles. The van der Waals surface area contributed by atoms with Crippen LogP contribution in [-0.4, -0.2) is 14.5 Å². The van der Waals surface area contributed by atoms with Gasteiger partial charge in [-0.25, -0.2) is 4.98 Å². The molecule has 0 radical (unpaired) electrons. The van der Waals surface area contributed by atoms with E-state index in [9.17, 15) is 5.26 Å². The Morgan fingerprint density at radius 3 is 2.39 bits per heavy atom. The van der Waals surface area contributed by atoms with Crippen LogP contribution in [0.3, 0.4) is 0 Å². The number of nitrogens with zero attached hydrogens (tertiary/aromatic N) is 3. The monoisotopic (exact) mass is 383 g/mol. The number of hydrogen-bond donors (Lipinski definition) is 2. The summed E-state index contributed by atoms with van der Waals surface area (Å²) in [6, 6.07) is 19.7. The third-order valence-electron chi connectivity index (χ3n) is 4.74. The molecule has 0 aliphatic heterocycles. The van der Waals surface area contributed by atoms with E-state index in [-0.39, 0.29) is 5.49 Å². The van der Waals surface area contributed by atoms with Crippen molar-refractivity contribution in [2.75, 3.05) is 0 Å². The molecule has 28 heavy (non-hydrogen) atoms. The molecular formula is C22H17N5S. The third kappa shape index (κ3) is 2.82. The molecule has 4 aromatic rings. The first-order chi connectivity index (χ1) is 13.5. The molecule has 2 N–H and O–H groups in total. The van der Waals surface area contributed by atoms with E-state index in [1.54, 1.807) is 4.57 Å². The lowest BCUT2D eigenvalue weighted by Crippen LogP contribution is -2.24. The maximum atomic E-state index is 9.95. The number of nitriles is 1. The second-order valence-corrected chi connectivity index (χ2v) is 7.00. The molecule has 6 heteroatoms. The number of aryl methyl sites for hydroxylation is 2. The summed E-state index contributed by atoms with van der Waals surface area (Å²) in [6.07, 6.45) is 0. The van der Waals surface area contributed by atoms with Crippen LogP contribution in [0.2, 0.25) is 0 Å². The normalized spacial score (nSPS) is 10.8. The highest BCUT2D eigenvalue weighted by Crippen LogP contribution is 2.32. The Hall–Kier alpha value is -3.56. The Labute approximate surface area is 167 Å². The van der Waals surface area contributed by atoms with Gasteiger partial charge in [-0.2, -0.15) is 5.26 Å². The van der Waals surface area contributed by atoms with Crippen LogP contribution in [0.15, 0.2) is 54.6 Å². The standard InChI is InChI=1S/C22H17N5S/c1-13-8-10-16(11-9-13)27-20(24)17(12-23)19(15-6-4-3-5-7-15)18-14(2)25-22(28)26-21(18)27/h3-11,24H,1-2H3,(H,25,26,28). The summed E-state index contributed by atoms with van der Waals surface area (Å²) in [5, 5.41) is 19.5. The van der Waals surface area contributed by atoms with Crippen LogP contribution in [0, 0.1) is 35.4 Å². The molecule has 0 aliphatic rings. The second-order valence-electron chi connectivity index (χ2n) is 6.61. The molecule has 2 aromatic heterocycles. The molecular weight excluding hydrogens is 366 g/mol. The number of aromatic nitrogens is 3. The van der Waals surface area contributed by atoms with Crippen molar-refractivity contribution in [2.45, 2.75) is 13.8 Å². The SMILES string of the molecule is Cc1ccc(-n2c(=N)c(C#N)c(-c3ccccc3)c3c(C)[nH]c(=S)nc32)cc1. The summed E-state index contributed by atoms with van der Waals surface area (Å²) in [5.41, 5.74) is 5.21. The molecule has 5 nitrogen and oxygen atoms in total. The van der Waals surface area contributed by atoms with Gasteiger partial charge < -0.3 is 4.98 Å². The van der Waals surface area contributed by atoms with E-state index in [2.05, 4.69) is 16.0 Å². The fraction of sp³-hybridized carbons (Fsp3) is 0.0909. The number of aromatic amines is 1. The minimum absolute atomic E-state index is 0.0882. The zero-order chi connectivity index (χ0) is 19.8. The highest BCUT2D eigenvalue weighted by atomic mass is 32.1. The maximum Gasteiger partial charge on any atom is 0.199 e. The average Bonchev–Trinajstić information content (AvgIpc) is 2.68. The number of hydrogen-bond acceptors (Lipinski definition) is 4. The van der Waals surface area contributed by atoms with Crippen LogP contribution in [0.5, 0.6) is 0 Å². The van der Waals surface area contributed by atoms with Crippen molar-refractivity contribution in [3.05, 3.63) is 81.7 Å². The maximum absolute atomic E-state index is 9.95. The number of fused-ring (bicyclic) bond motifs is 1. The quantitative estimate of drug-likeness (QED) is 0.492. The molecule has 0 amide bonds. The summed E-state index contributed by atoms with van der Waals surface area (Å²) in [6.45, 7) is 3.92. The van der Waals surface area contributed by atoms with Crippen LogP contribution >= 0.6 is 12.2 Å². The van der Waals surface area contributed by atoms with Gasteiger partial charge in [-0.1, -0.05) is 48.0 Å². The lowest BCUT2D eigenvalue weighted by molar-refractivity contribution is 0.927. The van der Waals surface area contributed by atoms with E-state index in [1.807, 2.05) is 68.4 Å². The lowest BCUT2D eigenvalue weighted by Gasteiger charge is -2.17. The summed E-state index contributed by atoms with van der Waals surface area (Å²) in [7, 11) is 0. The van der Waals surface area contributed by atoms with Crippen molar-refractivity contribution in [3.63, 3.8) is 0 Å². The Morgan fingerprint density at radius 1 is 1.07 bits per heavy atom. The van der Waals surface area contributed by atoms with Gasteiger partial charge in [0, 0.05) is 22.3 Å². The number of benzene rings is 2. The Morgan fingerprint density at radius 2 is 1.75 bits per heavy atom. The average molecular weight is 383 g/mol. The van der Waals surface area contributed by atoms with Gasteiger partial charge in [0.25, 0.3) is 0 Å². The van der Waals surface area contributed by atoms with Crippen LogP contribution in [0.4, 0.5) is 0 Å². The molecule has 0 fully saturated rings. The minimum Gasteiger partial charge on any atom is -0.334 e. The molecule has 0 aliphatic carbocycles. The van der Waals surface area contributed by atoms with Crippen molar-refractivity contribution in [1.82, 2.24) is 14.5 Å². The van der Waals surface area contributed by atoms with Crippen molar-refractivity contribution in [1.29, 1.82) is 10.7 Å². The number of rotatable bonds is 2. The van der Waals surface area contributed by atoms with Gasteiger partial charge in [0.2, 0.25) is 0 Å². The van der Waals surface area contributed by atoms with E-state index in [1.165, 1.54) is 0 Å². The first-order valence-electron chi connectivity index (χ1n) is 8.78. The minimum atomic E-state index is 0.0882. The van der Waals surface area contributed by atoms with Crippen molar-refractivity contribution in [3.8, 4) is 22.9 Å². The summed E-state index contributed by atoms with van der Waals surface area (Å²) in [4.78, 5) is 7.65. The smallest absolute Gasteiger partial charge is 0.199 e. The Balaban J connectivity index is 2.27. The number of nitrogens with one attached hydrogen (secondary N) is 2. The van der Waals surface area contributed by atoms with Crippen LogP contribution in [0.25, 0.3) is 27.8 Å². The number of H-pyrrole nitrogens is 1. The van der Waals surface area contributed by atoms with Crippen LogP contribution in [0.1, 0.15) is 16.8 Å². The zero-order valence-electron chi connectivity index (χ0n) is 15.4. The predicted octanol–water partition coefficient (Wildman–Crippen LogP) is 4.72. The summed E-state index contributed by atoms with van der Waals surface area (Å²) < 4.78 is 2.03. The fourth-order valence-electron chi connectivity index (χ4n) is 3.44. The topological polar surface area (TPSA) is 81.2 Å². The van der Waals surface area contributed by atoms with Crippen LogP contribution < -0.4 is 5.49 Å². The molecule has 0 saturated carbocycles. The predicted molar refractivity (Wildman–Crippen MR) is 112 cm³/mol. The van der Waals surface area contributed by atoms with Crippen molar-refractivity contribution < 1.29 is 0 Å². The van der Waals surface area contributed by atoms with Crippen molar-refractivity contribution >= 4 is 23.3 Å². The van der Waals surface area contributed by atoms with E-state index >= 15 is 0 Å². The molecule has 0 spiro atoms. The van der Waals surface area contributed by atoms with Crippen molar-refractivity contribution in [2.24, 2.45) is 0 Å². The molecule has 4 rings (SSSR count). The van der Waals surface area contributed by atoms with E-state index < -0.39 is 0 Å². The highest BCUT2D eigenvalue weighted by Gasteiger charge is 2.20. The zero-order valence-corrected chi connectivity index (χ0v) is 16.3. The van der Waals surface area contributed by atoms with Gasteiger partial charge >= 0.3 is 0 Å². The first-order valence-corrected chi connectivity index (χ1v) is 9.19. The fourth-order valence-corrected chi connectivity index (χ4v) is 3.68. The van der Waals surface area contributed by atoms with E-state index in [0.29, 0.717) is 21.5 Å². The Kier molecular flexibility index (Phi) is 4.38. The highest BCUT2D eigenvalue weighted by molar-refractivity contribution is 7.71. The van der Waals surface area contributed by atoms with Gasteiger partial charge in [-0.15, -0.1) is 0 Å². The molecule has 0 atom stereocenters. The van der Waals surface area contributed by atoms with Gasteiger partial charge in [-0.3, -0.25) is 9.98 Å². The first kappa shape index (κ1) is 17.8. The van der Waals surface area contributed by atoms with Gasteiger partial charge in [0.1, 0.15) is 17.1 Å². The van der Waals surface area contributed by atoms with Gasteiger partial charge in [0.15, 0.2) is 10.4 Å². The van der Waals surface area contributed by atoms with Crippen LogP contribution in [-0.2, 0) is 0 Å². The van der Waals surface area contributed by atoms with E-state index in [4.69, 9.17) is 17.6 Å². The van der Waals surface area contributed by atoms with Gasteiger partial charge in [-0.05, 0) is 43.8 Å². The largest absolute Gasteiger partial charge is 0.334 e. The summed E-state index contributed by atoms with van der Waals surface area (Å²) in [5.74, 6) is 0. The molecule has 2 aromatic carbocycles. The van der Waals surface area contributed by atoms with E-state index in [0.717, 1.165) is 27.9 Å². The molecule has 136 valence electrons. The Bertz CT molecular complexity index is 1360. The number of pyridine rings is 1.